The fourth-order valence-corrected chi connectivity index (χ4v) is 3.73. The Morgan fingerprint density at radius 2 is 2.18 bits per heavy atom. The van der Waals surface area contributed by atoms with Crippen LogP contribution < -0.4 is 5.73 Å². The van der Waals surface area contributed by atoms with E-state index >= 15 is 0 Å². The Kier molecular flexibility index (Phi) is 2.95. The van der Waals surface area contributed by atoms with Crippen molar-refractivity contribution in [3.05, 3.63) is 10.6 Å². The summed E-state index contributed by atoms with van der Waals surface area (Å²) in [7, 11) is 0. The fraction of sp³-hybridized carbons (Fsp3) is 0.636. The number of aliphatic carboxylic acids is 1. The van der Waals surface area contributed by atoms with Gasteiger partial charge in [0.2, 0.25) is 5.91 Å². The molecule has 0 aromatic carbocycles. The molecule has 0 spiro atoms. The summed E-state index contributed by atoms with van der Waals surface area (Å²) < 4.78 is 0. The summed E-state index contributed by atoms with van der Waals surface area (Å²) in [5.41, 5.74) is 5.94. The molecule has 3 N–H and O–H groups in total. The van der Waals surface area contributed by atoms with Gasteiger partial charge in [0.15, 0.2) is 0 Å². The maximum absolute atomic E-state index is 11.9. The minimum atomic E-state index is -1.03. The van der Waals surface area contributed by atoms with Crippen LogP contribution in [-0.4, -0.2) is 40.2 Å². The topological polar surface area (TPSA) is 83.6 Å². The molecule has 1 fully saturated rings. The van der Waals surface area contributed by atoms with Crippen LogP contribution in [0, 0.1) is 11.8 Å². The number of carbonyl (C=O) groups excluding carboxylic acids is 1. The highest BCUT2D eigenvalue weighted by molar-refractivity contribution is 8.02. The van der Waals surface area contributed by atoms with Gasteiger partial charge in [-0.15, -0.1) is 11.8 Å². The molecule has 94 valence electrons. The van der Waals surface area contributed by atoms with Gasteiger partial charge in [-0.25, -0.2) is 4.79 Å². The third kappa shape index (κ3) is 1.51. The van der Waals surface area contributed by atoms with Gasteiger partial charge in [0.25, 0.3) is 0 Å². The van der Waals surface area contributed by atoms with Gasteiger partial charge in [0.05, 0.1) is 12.0 Å². The molecule has 0 saturated carbocycles. The van der Waals surface area contributed by atoms with Crippen LogP contribution in [0.4, 0.5) is 0 Å². The Morgan fingerprint density at radius 3 is 2.59 bits per heavy atom. The SMILES string of the molecule is CSC1=C(C(=O)O)N2C(=O)[C@H]([C@H](C)N)[C@H]2[C@H]1C. The molecule has 6 heteroatoms. The van der Waals surface area contributed by atoms with E-state index in [9.17, 15) is 14.7 Å². The van der Waals surface area contributed by atoms with E-state index in [1.807, 2.05) is 13.2 Å². The average Bonchev–Trinajstić information content (AvgIpc) is 2.47. The zero-order valence-electron chi connectivity index (χ0n) is 10.0. The summed E-state index contributed by atoms with van der Waals surface area (Å²) >= 11 is 1.40. The van der Waals surface area contributed by atoms with Gasteiger partial charge in [-0.05, 0) is 13.2 Å². The van der Waals surface area contributed by atoms with E-state index in [4.69, 9.17) is 5.73 Å². The largest absolute Gasteiger partial charge is 0.477 e. The number of carbonyl (C=O) groups is 2. The lowest BCUT2D eigenvalue weighted by molar-refractivity contribution is -0.157. The smallest absolute Gasteiger partial charge is 0.353 e. The maximum Gasteiger partial charge on any atom is 0.353 e. The maximum atomic E-state index is 11.9. The first kappa shape index (κ1) is 12.4. The van der Waals surface area contributed by atoms with Gasteiger partial charge in [-0.2, -0.15) is 0 Å². The average molecular weight is 256 g/mol. The predicted molar refractivity (Wildman–Crippen MR) is 65.1 cm³/mol. The van der Waals surface area contributed by atoms with Crippen molar-refractivity contribution in [1.82, 2.24) is 4.90 Å². The molecular weight excluding hydrogens is 240 g/mol. The first-order valence-corrected chi connectivity index (χ1v) is 6.74. The van der Waals surface area contributed by atoms with Gasteiger partial charge < -0.3 is 15.7 Å². The predicted octanol–water partition coefficient (Wildman–Crippen LogP) is 0.469. The molecule has 0 bridgehead atoms. The zero-order valence-corrected chi connectivity index (χ0v) is 10.8. The van der Waals surface area contributed by atoms with E-state index in [0.717, 1.165) is 4.91 Å². The van der Waals surface area contributed by atoms with E-state index in [2.05, 4.69) is 0 Å². The number of thioether (sulfide) groups is 1. The number of β-lactam (4-membered cyclic amide) rings is 1. The Hall–Kier alpha value is -1.01. The first-order chi connectivity index (χ1) is 7.91. The Bertz CT molecular complexity index is 419. The molecule has 17 heavy (non-hydrogen) atoms. The van der Waals surface area contributed by atoms with E-state index in [-0.39, 0.29) is 35.5 Å². The van der Waals surface area contributed by atoms with E-state index in [1.165, 1.54) is 16.7 Å². The summed E-state index contributed by atoms with van der Waals surface area (Å²) in [5.74, 6) is -1.37. The fourth-order valence-electron chi connectivity index (χ4n) is 2.84. The molecule has 4 atom stereocenters. The van der Waals surface area contributed by atoms with E-state index in [0.29, 0.717) is 0 Å². The summed E-state index contributed by atoms with van der Waals surface area (Å²) in [5, 5.41) is 9.20. The molecule has 0 aromatic heterocycles. The van der Waals surface area contributed by atoms with E-state index in [1.54, 1.807) is 6.92 Å². The summed E-state index contributed by atoms with van der Waals surface area (Å²) in [4.78, 5) is 25.4. The van der Waals surface area contributed by atoms with Gasteiger partial charge >= 0.3 is 5.97 Å². The van der Waals surface area contributed by atoms with Crippen LogP contribution in [0.5, 0.6) is 0 Å². The van der Waals surface area contributed by atoms with Crippen LogP contribution in [0.15, 0.2) is 10.6 Å². The van der Waals surface area contributed by atoms with Gasteiger partial charge in [-0.3, -0.25) is 4.79 Å². The van der Waals surface area contributed by atoms with Crippen molar-refractivity contribution >= 4 is 23.6 Å². The molecule has 0 radical (unpaired) electrons. The molecule has 2 heterocycles. The second-order valence-corrected chi connectivity index (χ2v) is 5.44. The van der Waals surface area contributed by atoms with Crippen molar-refractivity contribution in [3.8, 4) is 0 Å². The third-order valence-electron chi connectivity index (χ3n) is 3.58. The third-order valence-corrected chi connectivity index (χ3v) is 4.58. The molecule has 2 aliphatic heterocycles. The molecule has 1 saturated heterocycles. The van der Waals surface area contributed by atoms with Gasteiger partial charge in [-0.1, -0.05) is 6.92 Å². The summed E-state index contributed by atoms with van der Waals surface area (Å²) in [6, 6.07) is -0.307. The molecule has 2 rings (SSSR count). The van der Waals surface area contributed by atoms with Crippen molar-refractivity contribution in [2.24, 2.45) is 17.6 Å². The summed E-state index contributed by atoms with van der Waals surface area (Å²) in [6.07, 6.45) is 1.84. The van der Waals surface area contributed by atoms with Crippen LogP contribution in [0.3, 0.4) is 0 Å². The second kappa shape index (κ2) is 4.03. The van der Waals surface area contributed by atoms with Crippen molar-refractivity contribution in [1.29, 1.82) is 0 Å². The van der Waals surface area contributed by atoms with Crippen LogP contribution in [0.2, 0.25) is 0 Å². The highest BCUT2D eigenvalue weighted by Crippen LogP contribution is 2.49. The lowest BCUT2D eigenvalue weighted by Gasteiger charge is -2.46. The number of amides is 1. The van der Waals surface area contributed by atoms with Crippen molar-refractivity contribution < 1.29 is 14.7 Å². The van der Waals surface area contributed by atoms with Crippen LogP contribution in [0.1, 0.15) is 13.8 Å². The first-order valence-electron chi connectivity index (χ1n) is 5.52. The number of carboxylic acid groups (broad SMARTS) is 1. The number of carboxylic acids is 1. The summed E-state index contributed by atoms with van der Waals surface area (Å²) in [6.45, 7) is 3.76. The standard InChI is InChI=1S/C11H16N2O3S/c1-4-7-6(5(2)12)10(14)13(7)8(11(15)16)9(4)17-3/h4-7H,12H2,1-3H3,(H,15,16)/t4-,5+,6-,7-/m1/s1. The molecule has 0 aliphatic carbocycles. The lowest BCUT2D eigenvalue weighted by Crippen LogP contribution is -2.65. The minimum absolute atomic E-state index is 0.0600. The van der Waals surface area contributed by atoms with Crippen molar-refractivity contribution in [3.63, 3.8) is 0 Å². The number of hydrogen-bond donors (Lipinski definition) is 2. The van der Waals surface area contributed by atoms with Crippen LogP contribution in [0.25, 0.3) is 0 Å². The minimum Gasteiger partial charge on any atom is -0.477 e. The molecule has 0 unspecified atom stereocenters. The number of fused-ring (bicyclic) bond motifs is 1. The van der Waals surface area contributed by atoms with E-state index < -0.39 is 5.97 Å². The number of rotatable bonds is 3. The molecule has 1 amide bonds. The highest BCUT2D eigenvalue weighted by atomic mass is 32.2. The Morgan fingerprint density at radius 1 is 1.59 bits per heavy atom. The Labute approximate surface area is 104 Å². The molecule has 0 aromatic rings. The number of nitrogens with two attached hydrogens (primary N) is 1. The quantitative estimate of drug-likeness (QED) is 0.717. The van der Waals surface area contributed by atoms with Gasteiger partial charge in [0, 0.05) is 16.9 Å². The highest BCUT2D eigenvalue weighted by Gasteiger charge is 2.59. The Balaban J connectivity index is 2.39. The molecule has 5 nitrogen and oxygen atoms in total. The molecular formula is C11H16N2O3S. The van der Waals surface area contributed by atoms with Crippen LogP contribution >= 0.6 is 11.8 Å². The number of nitrogens with zero attached hydrogens (tertiary/aromatic N) is 1. The zero-order chi connectivity index (χ0) is 12.9. The lowest BCUT2D eigenvalue weighted by atomic mass is 9.78. The second-order valence-electron chi connectivity index (χ2n) is 4.59. The van der Waals surface area contributed by atoms with Crippen molar-refractivity contribution in [2.75, 3.05) is 6.26 Å². The van der Waals surface area contributed by atoms with Gasteiger partial charge in [0.1, 0.15) is 5.70 Å². The normalized spacial score (nSPS) is 33.5. The monoisotopic (exact) mass is 256 g/mol. The van der Waals surface area contributed by atoms with Crippen molar-refractivity contribution in [2.45, 2.75) is 25.9 Å². The van der Waals surface area contributed by atoms with Crippen LogP contribution in [-0.2, 0) is 9.59 Å². The molecule has 2 aliphatic rings. The number of hydrogen-bond acceptors (Lipinski definition) is 4.